The van der Waals surface area contributed by atoms with Gasteiger partial charge in [0.15, 0.2) is 5.12 Å². The molecule has 0 spiro atoms. The molecule has 0 aromatic heterocycles. The number of hydrogen-bond donors (Lipinski definition) is 0. The molecule has 1 fully saturated rings. The molecule has 1 heterocycles. The van der Waals surface area contributed by atoms with E-state index in [1.165, 1.54) is 17.3 Å². The minimum atomic E-state index is -0.345. The molecule has 3 nitrogen and oxygen atoms in total. The van der Waals surface area contributed by atoms with Gasteiger partial charge in [-0.3, -0.25) is 4.79 Å². The van der Waals surface area contributed by atoms with E-state index in [-0.39, 0.29) is 23.4 Å². The van der Waals surface area contributed by atoms with Crippen LogP contribution in [-0.2, 0) is 20.5 Å². The predicted octanol–water partition coefficient (Wildman–Crippen LogP) is 4.55. The summed E-state index contributed by atoms with van der Waals surface area (Å²) in [5.74, 6) is 0. The van der Waals surface area contributed by atoms with E-state index >= 15 is 0 Å². The van der Waals surface area contributed by atoms with E-state index in [2.05, 4.69) is 39.8 Å². The maximum Gasteiger partial charge on any atom is 0.494 e. The molecular weight excluding hydrogens is 355 g/mol. The Morgan fingerprint density at radius 3 is 2.04 bits per heavy atom. The van der Waals surface area contributed by atoms with Crippen LogP contribution in [0.3, 0.4) is 0 Å². The number of benzene rings is 2. The fourth-order valence-electron chi connectivity index (χ4n) is 2.86. The van der Waals surface area contributed by atoms with E-state index in [4.69, 9.17) is 9.31 Å². The molecule has 0 atom stereocenters. The SMILES string of the molecule is Cc1ccc(SC(=O)CCc2ccc(B3OC(C)(C)C(C)(C)O3)cc2)cc1. The molecule has 0 bridgehead atoms. The monoisotopic (exact) mass is 382 g/mol. The highest BCUT2D eigenvalue weighted by Gasteiger charge is 2.51. The topological polar surface area (TPSA) is 35.5 Å². The van der Waals surface area contributed by atoms with Crippen molar-refractivity contribution in [1.82, 2.24) is 0 Å². The van der Waals surface area contributed by atoms with Crippen molar-refractivity contribution in [3.05, 3.63) is 59.7 Å². The summed E-state index contributed by atoms with van der Waals surface area (Å²) in [5.41, 5.74) is 2.69. The second kappa shape index (κ2) is 7.82. The first-order valence-corrected chi connectivity index (χ1v) is 10.2. The third-order valence-electron chi connectivity index (χ3n) is 5.38. The maximum atomic E-state index is 12.2. The largest absolute Gasteiger partial charge is 0.494 e. The molecule has 3 rings (SSSR count). The van der Waals surface area contributed by atoms with Gasteiger partial charge in [0.25, 0.3) is 0 Å². The molecule has 2 aromatic rings. The molecule has 1 aliphatic heterocycles. The fraction of sp³-hybridized carbons (Fsp3) is 0.409. The van der Waals surface area contributed by atoms with Gasteiger partial charge in [-0.15, -0.1) is 0 Å². The van der Waals surface area contributed by atoms with E-state index in [0.29, 0.717) is 6.42 Å². The average molecular weight is 382 g/mol. The van der Waals surface area contributed by atoms with E-state index in [1.54, 1.807) is 0 Å². The zero-order valence-electron chi connectivity index (χ0n) is 16.7. The molecule has 0 unspecified atom stereocenters. The fourth-order valence-corrected chi connectivity index (χ4v) is 3.59. The minimum absolute atomic E-state index is 0.189. The van der Waals surface area contributed by atoms with Crippen molar-refractivity contribution >= 4 is 29.5 Å². The first-order chi connectivity index (χ1) is 12.7. The lowest BCUT2D eigenvalue weighted by Gasteiger charge is -2.32. The van der Waals surface area contributed by atoms with Crippen molar-refractivity contribution in [3.63, 3.8) is 0 Å². The van der Waals surface area contributed by atoms with E-state index in [9.17, 15) is 4.79 Å². The number of rotatable bonds is 5. The zero-order chi connectivity index (χ0) is 19.7. The van der Waals surface area contributed by atoms with Gasteiger partial charge >= 0.3 is 7.12 Å². The van der Waals surface area contributed by atoms with Gasteiger partial charge in [-0.05, 0) is 64.2 Å². The summed E-state index contributed by atoms with van der Waals surface area (Å²) in [7, 11) is -0.345. The Balaban J connectivity index is 1.54. The van der Waals surface area contributed by atoms with E-state index in [0.717, 1.165) is 22.3 Å². The van der Waals surface area contributed by atoms with Crippen LogP contribution in [0.25, 0.3) is 0 Å². The summed E-state index contributed by atoms with van der Waals surface area (Å²) in [5, 5.41) is 0.189. The van der Waals surface area contributed by atoms with Gasteiger partial charge < -0.3 is 9.31 Å². The smallest absolute Gasteiger partial charge is 0.399 e. The third kappa shape index (κ3) is 4.84. The molecule has 0 aliphatic carbocycles. The Labute approximate surface area is 167 Å². The second-order valence-electron chi connectivity index (χ2n) is 8.12. The molecule has 1 saturated heterocycles. The van der Waals surface area contributed by atoms with Gasteiger partial charge in [-0.2, -0.15) is 0 Å². The summed E-state index contributed by atoms with van der Waals surface area (Å²) in [4.78, 5) is 13.2. The van der Waals surface area contributed by atoms with Gasteiger partial charge in [0.05, 0.1) is 11.2 Å². The predicted molar refractivity (Wildman–Crippen MR) is 113 cm³/mol. The Kier molecular flexibility index (Phi) is 5.85. The lowest BCUT2D eigenvalue weighted by atomic mass is 9.79. The summed E-state index contributed by atoms with van der Waals surface area (Å²) >= 11 is 1.32. The molecule has 0 saturated carbocycles. The van der Waals surface area contributed by atoms with Crippen LogP contribution in [0.15, 0.2) is 53.4 Å². The molecule has 1 aliphatic rings. The first-order valence-electron chi connectivity index (χ1n) is 9.38. The highest BCUT2D eigenvalue weighted by Crippen LogP contribution is 2.36. The van der Waals surface area contributed by atoms with Crippen LogP contribution in [0.1, 0.15) is 45.2 Å². The molecule has 142 valence electrons. The minimum Gasteiger partial charge on any atom is -0.399 e. The number of carbonyl (C=O) groups excluding carboxylic acids is 1. The van der Waals surface area contributed by atoms with E-state index < -0.39 is 0 Å². The summed E-state index contributed by atoms with van der Waals surface area (Å²) in [6, 6.07) is 16.3. The first kappa shape index (κ1) is 20.2. The standard InChI is InChI=1S/C22H27BO3S/c1-16-6-13-19(14-7-16)27-20(24)15-10-17-8-11-18(12-9-17)23-25-21(2,3)22(4,5)26-23/h6-9,11-14H,10,15H2,1-5H3. The molecule has 27 heavy (non-hydrogen) atoms. The number of carbonyl (C=O) groups is 1. The van der Waals surface area contributed by atoms with Gasteiger partial charge in [0, 0.05) is 11.3 Å². The Morgan fingerprint density at radius 2 is 1.48 bits per heavy atom. The quantitative estimate of drug-likeness (QED) is 0.562. The average Bonchev–Trinajstić information content (AvgIpc) is 2.83. The zero-order valence-corrected chi connectivity index (χ0v) is 17.6. The lowest BCUT2D eigenvalue weighted by Crippen LogP contribution is -2.41. The van der Waals surface area contributed by atoms with Crippen molar-refractivity contribution in [2.24, 2.45) is 0 Å². The van der Waals surface area contributed by atoms with Crippen LogP contribution < -0.4 is 5.46 Å². The summed E-state index contributed by atoms with van der Waals surface area (Å²) < 4.78 is 12.2. The second-order valence-corrected chi connectivity index (χ2v) is 9.25. The molecular formula is C22H27BO3S. The Hall–Kier alpha value is -1.56. The van der Waals surface area contributed by atoms with Crippen molar-refractivity contribution in [2.75, 3.05) is 0 Å². The molecule has 5 heteroatoms. The number of hydrogen-bond acceptors (Lipinski definition) is 4. The summed E-state index contributed by atoms with van der Waals surface area (Å²) in [6.07, 6.45) is 1.26. The normalized spacial score (nSPS) is 17.9. The van der Waals surface area contributed by atoms with Crippen molar-refractivity contribution in [1.29, 1.82) is 0 Å². The van der Waals surface area contributed by atoms with Gasteiger partial charge in [0.1, 0.15) is 0 Å². The third-order valence-corrected chi connectivity index (χ3v) is 6.32. The Bertz CT molecular complexity index is 781. The van der Waals surface area contributed by atoms with Crippen LogP contribution >= 0.6 is 11.8 Å². The van der Waals surface area contributed by atoms with Crippen LogP contribution in [0, 0.1) is 6.92 Å². The maximum absolute atomic E-state index is 12.2. The van der Waals surface area contributed by atoms with Crippen molar-refractivity contribution in [2.45, 2.75) is 63.6 Å². The van der Waals surface area contributed by atoms with Gasteiger partial charge in [-0.25, -0.2) is 0 Å². The number of aryl methyl sites for hydroxylation is 2. The molecule has 0 amide bonds. The van der Waals surface area contributed by atoms with Crippen LogP contribution in [0.4, 0.5) is 0 Å². The van der Waals surface area contributed by atoms with Crippen LogP contribution in [0.2, 0.25) is 0 Å². The molecule has 0 radical (unpaired) electrons. The van der Waals surface area contributed by atoms with Crippen molar-refractivity contribution in [3.8, 4) is 0 Å². The Morgan fingerprint density at radius 1 is 0.926 bits per heavy atom. The van der Waals surface area contributed by atoms with Crippen LogP contribution in [-0.4, -0.2) is 23.4 Å². The van der Waals surface area contributed by atoms with Crippen LogP contribution in [0.5, 0.6) is 0 Å². The lowest BCUT2D eigenvalue weighted by molar-refractivity contribution is -0.110. The van der Waals surface area contributed by atoms with Crippen molar-refractivity contribution < 1.29 is 14.1 Å². The van der Waals surface area contributed by atoms with Gasteiger partial charge in [-0.1, -0.05) is 53.7 Å². The summed E-state index contributed by atoms with van der Waals surface area (Å²) in [6.45, 7) is 10.3. The highest BCUT2D eigenvalue weighted by molar-refractivity contribution is 8.13. The molecule has 0 N–H and O–H groups in total. The van der Waals surface area contributed by atoms with E-state index in [1.807, 2.05) is 43.3 Å². The number of thioether (sulfide) groups is 1. The molecule has 2 aromatic carbocycles. The highest BCUT2D eigenvalue weighted by atomic mass is 32.2. The van der Waals surface area contributed by atoms with Gasteiger partial charge in [0.2, 0.25) is 0 Å².